The fourth-order valence-electron chi connectivity index (χ4n) is 2.94. The van der Waals surface area contributed by atoms with Crippen LogP contribution in [0.15, 0.2) is 0 Å². The van der Waals surface area contributed by atoms with Crippen LogP contribution in [0.25, 0.3) is 0 Å². The highest BCUT2D eigenvalue weighted by Gasteiger charge is 2.45. The van der Waals surface area contributed by atoms with Crippen LogP contribution in [-0.2, 0) is 19.1 Å². The molecule has 2 fully saturated rings. The van der Waals surface area contributed by atoms with E-state index in [1.54, 1.807) is 13.8 Å². The van der Waals surface area contributed by atoms with Gasteiger partial charge in [-0.25, -0.2) is 4.79 Å². The summed E-state index contributed by atoms with van der Waals surface area (Å²) in [6, 6.07) is -0.514. The molecule has 1 saturated heterocycles. The summed E-state index contributed by atoms with van der Waals surface area (Å²) in [5.74, 6) is -1.64. The fourth-order valence-corrected chi connectivity index (χ4v) is 2.94. The first-order valence-electron chi connectivity index (χ1n) is 8.34. The number of urea groups is 1. The zero-order chi connectivity index (χ0) is 17.9. The van der Waals surface area contributed by atoms with Gasteiger partial charge in [-0.1, -0.05) is 19.3 Å². The molecule has 8 heteroatoms. The molecule has 0 spiro atoms. The molecule has 1 heterocycles. The number of ether oxygens (including phenoxy) is 1. The van der Waals surface area contributed by atoms with Crippen LogP contribution in [0.4, 0.5) is 4.79 Å². The van der Waals surface area contributed by atoms with E-state index in [1.807, 2.05) is 0 Å². The lowest BCUT2D eigenvalue weighted by Crippen LogP contribution is -2.44. The van der Waals surface area contributed by atoms with Gasteiger partial charge in [0.15, 0.2) is 6.10 Å². The summed E-state index contributed by atoms with van der Waals surface area (Å²) in [4.78, 5) is 48.5. The third kappa shape index (κ3) is 4.24. The molecule has 1 aliphatic carbocycles. The Morgan fingerprint density at radius 1 is 1.29 bits per heavy atom. The smallest absolute Gasteiger partial charge is 0.327 e. The van der Waals surface area contributed by atoms with Gasteiger partial charge in [-0.05, 0) is 33.6 Å². The van der Waals surface area contributed by atoms with Crippen LogP contribution < -0.4 is 10.6 Å². The summed E-state index contributed by atoms with van der Waals surface area (Å²) >= 11 is 0. The van der Waals surface area contributed by atoms with Crippen molar-refractivity contribution in [1.29, 1.82) is 0 Å². The van der Waals surface area contributed by atoms with Gasteiger partial charge in [0.25, 0.3) is 11.8 Å². The Bertz CT molecular complexity index is 540. The Labute approximate surface area is 141 Å². The van der Waals surface area contributed by atoms with Gasteiger partial charge < -0.3 is 15.4 Å². The van der Waals surface area contributed by atoms with E-state index in [2.05, 4.69) is 10.6 Å². The van der Waals surface area contributed by atoms with Gasteiger partial charge in [-0.15, -0.1) is 0 Å². The first-order valence-corrected chi connectivity index (χ1v) is 8.34. The van der Waals surface area contributed by atoms with Crippen molar-refractivity contribution in [3.05, 3.63) is 0 Å². The van der Waals surface area contributed by atoms with Crippen molar-refractivity contribution in [3.63, 3.8) is 0 Å². The highest BCUT2D eigenvalue weighted by atomic mass is 16.5. The topological polar surface area (TPSA) is 105 Å². The second-order valence-corrected chi connectivity index (χ2v) is 6.92. The number of hydrogen-bond donors (Lipinski definition) is 2. The van der Waals surface area contributed by atoms with Gasteiger partial charge >= 0.3 is 12.0 Å². The normalized spacial score (nSPS) is 22.0. The molecule has 1 saturated carbocycles. The maximum atomic E-state index is 12.1. The summed E-state index contributed by atoms with van der Waals surface area (Å²) in [7, 11) is 0. The molecule has 0 unspecified atom stereocenters. The number of hydrogen-bond acceptors (Lipinski definition) is 5. The molecule has 8 nitrogen and oxygen atoms in total. The molecule has 2 rings (SSSR count). The minimum atomic E-state index is -1.04. The molecule has 4 amide bonds. The monoisotopic (exact) mass is 339 g/mol. The van der Waals surface area contributed by atoms with E-state index in [-0.39, 0.29) is 11.9 Å². The number of amides is 4. The third-order valence-corrected chi connectivity index (χ3v) is 4.36. The van der Waals surface area contributed by atoms with Crippen LogP contribution in [0.5, 0.6) is 0 Å². The Hall–Kier alpha value is -2.12. The van der Waals surface area contributed by atoms with Gasteiger partial charge in [-0.2, -0.15) is 0 Å². The number of nitrogens with zero attached hydrogens (tertiary/aromatic N) is 1. The number of esters is 1. The maximum absolute atomic E-state index is 12.1. The minimum Gasteiger partial charge on any atom is -0.451 e. The predicted molar refractivity (Wildman–Crippen MR) is 84.9 cm³/mol. The van der Waals surface area contributed by atoms with Gasteiger partial charge in [-0.3, -0.25) is 19.3 Å². The van der Waals surface area contributed by atoms with Crippen molar-refractivity contribution in [3.8, 4) is 0 Å². The van der Waals surface area contributed by atoms with E-state index in [4.69, 9.17) is 4.74 Å². The van der Waals surface area contributed by atoms with Gasteiger partial charge in [0.05, 0.1) is 0 Å². The molecule has 1 atom stereocenters. The number of carbonyl (C=O) groups excluding carboxylic acids is 4. The number of nitrogens with one attached hydrogen (secondary N) is 2. The van der Waals surface area contributed by atoms with Crippen LogP contribution in [0, 0.1) is 0 Å². The van der Waals surface area contributed by atoms with Crippen molar-refractivity contribution in [1.82, 2.24) is 15.5 Å². The average Bonchev–Trinajstić information content (AvgIpc) is 2.70. The first kappa shape index (κ1) is 18.2. The molecule has 0 bridgehead atoms. The summed E-state index contributed by atoms with van der Waals surface area (Å²) in [6.07, 6.45) is 4.25. The van der Waals surface area contributed by atoms with Crippen molar-refractivity contribution < 1.29 is 23.9 Å². The molecule has 0 aromatic carbocycles. The lowest BCUT2D eigenvalue weighted by Gasteiger charge is -2.24. The van der Waals surface area contributed by atoms with Crippen molar-refractivity contribution in [2.45, 2.75) is 70.6 Å². The Kier molecular flexibility index (Phi) is 5.46. The van der Waals surface area contributed by atoms with E-state index >= 15 is 0 Å². The molecule has 0 aromatic heterocycles. The van der Waals surface area contributed by atoms with Gasteiger partial charge in [0.1, 0.15) is 12.1 Å². The molecule has 0 aromatic rings. The standard InChI is InChI=1S/C16H25N3O5/c1-10(13(21)17-11-7-5-4-6-8-11)24-12(20)9-19-14(22)16(2,3)18-15(19)23/h10-11H,4-9H2,1-3H3,(H,17,21)(H,18,23)/t10-/m1/s1. The van der Waals surface area contributed by atoms with Gasteiger partial charge in [0, 0.05) is 6.04 Å². The second-order valence-electron chi connectivity index (χ2n) is 6.92. The summed E-state index contributed by atoms with van der Waals surface area (Å²) in [5, 5.41) is 5.35. The first-order chi connectivity index (χ1) is 11.2. The SMILES string of the molecule is C[C@@H](OC(=O)CN1C(=O)NC(C)(C)C1=O)C(=O)NC1CCCCC1. The van der Waals surface area contributed by atoms with Crippen LogP contribution in [0.1, 0.15) is 52.9 Å². The van der Waals surface area contributed by atoms with E-state index in [1.165, 1.54) is 13.3 Å². The van der Waals surface area contributed by atoms with E-state index in [0.717, 1.165) is 30.6 Å². The van der Waals surface area contributed by atoms with Gasteiger partial charge in [0.2, 0.25) is 0 Å². The van der Waals surface area contributed by atoms with Crippen LogP contribution in [0.3, 0.4) is 0 Å². The maximum Gasteiger partial charge on any atom is 0.327 e. The summed E-state index contributed by atoms with van der Waals surface area (Å²) in [5.41, 5.74) is -1.04. The van der Waals surface area contributed by atoms with Crippen molar-refractivity contribution >= 4 is 23.8 Å². The lowest BCUT2D eigenvalue weighted by atomic mass is 9.95. The van der Waals surface area contributed by atoms with Crippen LogP contribution in [-0.4, -0.2) is 52.9 Å². The van der Waals surface area contributed by atoms with E-state index in [0.29, 0.717) is 0 Å². The molecular formula is C16H25N3O5. The Balaban J connectivity index is 1.82. The van der Waals surface area contributed by atoms with Crippen LogP contribution in [0.2, 0.25) is 0 Å². The summed E-state index contributed by atoms with van der Waals surface area (Å²) < 4.78 is 5.06. The van der Waals surface area contributed by atoms with E-state index in [9.17, 15) is 19.2 Å². The Morgan fingerprint density at radius 2 is 1.92 bits per heavy atom. The molecule has 2 N–H and O–H groups in total. The Morgan fingerprint density at radius 3 is 2.46 bits per heavy atom. The number of rotatable bonds is 5. The largest absolute Gasteiger partial charge is 0.451 e. The fraction of sp³-hybridized carbons (Fsp3) is 0.750. The summed E-state index contributed by atoms with van der Waals surface area (Å²) in [6.45, 7) is 4.08. The second kappa shape index (κ2) is 7.19. The van der Waals surface area contributed by atoms with Crippen molar-refractivity contribution in [2.75, 3.05) is 6.54 Å². The predicted octanol–water partition coefficient (Wildman–Crippen LogP) is 0.697. The molecule has 0 radical (unpaired) electrons. The lowest BCUT2D eigenvalue weighted by molar-refractivity contribution is -0.156. The zero-order valence-corrected chi connectivity index (χ0v) is 14.4. The quantitative estimate of drug-likeness (QED) is 0.566. The third-order valence-electron chi connectivity index (χ3n) is 4.36. The minimum absolute atomic E-state index is 0.124. The molecule has 134 valence electrons. The highest BCUT2D eigenvalue weighted by molar-refractivity contribution is 6.08. The molecule has 24 heavy (non-hydrogen) atoms. The molecule has 1 aliphatic heterocycles. The highest BCUT2D eigenvalue weighted by Crippen LogP contribution is 2.18. The molecular weight excluding hydrogens is 314 g/mol. The average molecular weight is 339 g/mol. The number of carbonyl (C=O) groups is 4. The molecule has 2 aliphatic rings. The van der Waals surface area contributed by atoms with E-state index < -0.39 is 36.1 Å². The van der Waals surface area contributed by atoms with Crippen molar-refractivity contribution in [2.24, 2.45) is 0 Å². The number of imide groups is 1. The zero-order valence-electron chi connectivity index (χ0n) is 14.4. The van der Waals surface area contributed by atoms with Crippen LogP contribution >= 0.6 is 0 Å².